The van der Waals surface area contributed by atoms with Gasteiger partial charge in [0.25, 0.3) is 0 Å². The van der Waals surface area contributed by atoms with Crippen LogP contribution < -0.4 is 4.74 Å². The molecule has 0 radical (unpaired) electrons. The van der Waals surface area contributed by atoms with Gasteiger partial charge < -0.3 is 43.5 Å². The van der Waals surface area contributed by atoms with Gasteiger partial charge in [0.05, 0.1) is 34.2 Å². The zero-order valence-corrected chi connectivity index (χ0v) is 42.2. The van der Waals surface area contributed by atoms with Gasteiger partial charge in [-0.25, -0.2) is 9.78 Å². The number of aliphatic hydroxyl groups excluding tert-OH is 4. The van der Waals surface area contributed by atoms with Crippen molar-refractivity contribution >= 4 is 104 Å². The third kappa shape index (κ3) is 20.0. The van der Waals surface area contributed by atoms with Gasteiger partial charge in [-0.2, -0.15) is 0 Å². The van der Waals surface area contributed by atoms with E-state index in [0.29, 0.717) is 47.1 Å². The number of carbonyl (C=O) groups is 1. The maximum atomic E-state index is 11.9. The minimum atomic E-state index is -0.567. The van der Waals surface area contributed by atoms with Crippen LogP contribution in [0.5, 0.6) is 5.75 Å². The highest BCUT2D eigenvalue weighted by Gasteiger charge is 2.20. The van der Waals surface area contributed by atoms with E-state index in [-0.39, 0.29) is 32.4 Å². The first-order chi connectivity index (χ1) is 28.2. The standard InChI is InChI=1S/C19H23BrO4S.C6H7BrO2.C6H8OS.C5H6BrNOS.C5H5BrO2/c1-4-22-16(19(21)23-5-2)11-14-6-8-15(9-7-14)24-12-17-13(3)10-18(20)25-17;1-4-2-6(7)9-5(4)3-8;1-5-2-3-8-6(5)4-7;1-3-4(2-8)9-5(6)7-3;6-5-2-1-4(3-7)8-5/h6-10,16H,4-5,11-12H2,1-3H3;2,8H,3H2,1H3;2-3,7H,4H2,1H3;8H,2H2,1H3;1-2,7H,3H2/t16-;;;;/m1..../s1. The van der Waals surface area contributed by atoms with Crippen molar-refractivity contribution in [2.75, 3.05) is 13.2 Å². The molecule has 0 aliphatic carbocycles. The lowest BCUT2D eigenvalue weighted by Crippen LogP contribution is -2.28. The van der Waals surface area contributed by atoms with E-state index in [0.717, 1.165) is 40.0 Å². The van der Waals surface area contributed by atoms with Crippen molar-refractivity contribution in [3.8, 4) is 5.75 Å². The summed E-state index contributed by atoms with van der Waals surface area (Å²) in [6.07, 6.45) is -0.0768. The molecule has 59 heavy (non-hydrogen) atoms. The van der Waals surface area contributed by atoms with Crippen LogP contribution in [0.2, 0.25) is 0 Å². The van der Waals surface area contributed by atoms with Crippen LogP contribution in [0.25, 0.3) is 0 Å². The van der Waals surface area contributed by atoms with E-state index in [1.807, 2.05) is 69.5 Å². The second-order valence-corrected chi connectivity index (χ2v) is 19.4. The molecule has 0 saturated heterocycles. The molecule has 0 fully saturated rings. The van der Waals surface area contributed by atoms with Crippen molar-refractivity contribution in [2.45, 2.75) is 87.1 Å². The Morgan fingerprint density at radius 2 is 1.44 bits per heavy atom. The zero-order valence-electron chi connectivity index (χ0n) is 33.4. The Hall–Kier alpha value is -2.20. The number of nitrogens with zero attached hydrogens (tertiary/aromatic N) is 1. The molecule has 0 aliphatic rings. The number of ether oxygens (including phenoxy) is 3. The average molecular weight is 1130 g/mol. The molecule has 4 N–H and O–H groups in total. The van der Waals surface area contributed by atoms with Gasteiger partial charge in [-0.3, -0.25) is 0 Å². The smallest absolute Gasteiger partial charge is 0.335 e. The number of thiazole rings is 1. The monoisotopic (exact) mass is 1130 g/mol. The number of aliphatic hydroxyl groups is 4. The van der Waals surface area contributed by atoms with Crippen LogP contribution in [0.3, 0.4) is 0 Å². The summed E-state index contributed by atoms with van der Waals surface area (Å²) in [7, 11) is 0. The van der Waals surface area contributed by atoms with E-state index in [1.54, 1.807) is 41.7 Å². The number of aromatic nitrogens is 1. The topological polar surface area (TPSA) is 165 Å². The molecule has 5 aromatic heterocycles. The normalized spacial score (nSPS) is 10.8. The number of thiophene rings is 2. The van der Waals surface area contributed by atoms with Crippen LogP contribution in [-0.4, -0.2) is 50.7 Å². The number of esters is 1. The SMILES string of the molecule is CCOC(=O)[C@@H](Cc1ccc(OCc2sc(Br)cc2C)cc1)OCC.Cc1cc(Br)oc1CO.Cc1ccsc1CO.Cc1nc(Br)sc1CO.OCc1ccc(Br)o1. The van der Waals surface area contributed by atoms with E-state index >= 15 is 0 Å². The Bertz CT molecular complexity index is 2030. The van der Waals surface area contributed by atoms with E-state index in [4.69, 9.17) is 43.5 Å². The molecule has 0 unspecified atom stereocenters. The summed E-state index contributed by atoms with van der Waals surface area (Å²) in [5.74, 6) is 1.69. The third-order valence-corrected chi connectivity index (χ3v) is 12.8. The highest BCUT2D eigenvalue weighted by atomic mass is 79.9. The zero-order chi connectivity index (χ0) is 43.9. The van der Waals surface area contributed by atoms with Gasteiger partial charge in [-0.15, -0.1) is 34.0 Å². The van der Waals surface area contributed by atoms with Crippen LogP contribution in [0.1, 0.15) is 67.9 Å². The number of benzene rings is 1. The minimum Gasteiger partial charge on any atom is -0.488 e. The van der Waals surface area contributed by atoms with Gasteiger partial charge in [0.15, 0.2) is 19.4 Å². The molecule has 0 bridgehead atoms. The molecular weight excluding hydrogens is 1080 g/mol. The highest BCUT2D eigenvalue weighted by Crippen LogP contribution is 2.28. The second kappa shape index (κ2) is 29.2. The van der Waals surface area contributed by atoms with Crippen molar-refractivity contribution in [1.29, 1.82) is 0 Å². The molecular formula is C41H49Br4NO10S3. The first kappa shape index (κ1) is 52.9. The number of halogens is 4. The van der Waals surface area contributed by atoms with Crippen molar-refractivity contribution in [2.24, 2.45) is 0 Å². The highest BCUT2D eigenvalue weighted by molar-refractivity contribution is 9.11. The predicted molar refractivity (Wildman–Crippen MR) is 248 cm³/mol. The fourth-order valence-electron chi connectivity index (χ4n) is 4.53. The van der Waals surface area contributed by atoms with Crippen molar-refractivity contribution in [3.63, 3.8) is 0 Å². The Morgan fingerprint density at radius 3 is 1.81 bits per heavy atom. The van der Waals surface area contributed by atoms with E-state index in [1.165, 1.54) is 27.3 Å². The van der Waals surface area contributed by atoms with Gasteiger partial charge >= 0.3 is 5.97 Å². The van der Waals surface area contributed by atoms with Crippen molar-refractivity contribution in [1.82, 2.24) is 4.98 Å². The molecule has 324 valence electrons. The molecule has 1 aromatic carbocycles. The Kier molecular flexibility index (Phi) is 26.2. The lowest BCUT2D eigenvalue weighted by Gasteiger charge is -2.15. The molecule has 6 rings (SSSR count). The summed E-state index contributed by atoms with van der Waals surface area (Å²) < 4.78 is 29.6. The quantitative estimate of drug-likeness (QED) is 0.0814. The summed E-state index contributed by atoms with van der Waals surface area (Å²) in [6, 6.07) is 17.1. The molecule has 11 nitrogen and oxygen atoms in total. The van der Waals surface area contributed by atoms with Crippen LogP contribution in [0.4, 0.5) is 0 Å². The third-order valence-electron chi connectivity index (χ3n) is 7.66. The Labute approximate surface area is 390 Å². The number of rotatable bonds is 13. The largest absolute Gasteiger partial charge is 0.488 e. The van der Waals surface area contributed by atoms with Gasteiger partial charge in [0.2, 0.25) is 0 Å². The second-order valence-electron chi connectivity index (χ2n) is 12.0. The van der Waals surface area contributed by atoms with E-state index in [2.05, 4.69) is 81.7 Å². The van der Waals surface area contributed by atoms with Crippen LogP contribution >= 0.6 is 97.7 Å². The van der Waals surface area contributed by atoms with Crippen LogP contribution in [-0.2, 0) is 53.7 Å². The molecule has 6 aromatic rings. The summed E-state index contributed by atoms with van der Waals surface area (Å²) in [5, 5.41) is 36.3. The lowest BCUT2D eigenvalue weighted by atomic mass is 10.1. The number of hydrogen-bond donors (Lipinski definition) is 4. The predicted octanol–water partition coefficient (Wildman–Crippen LogP) is 11.5. The van der Waals surface area contributed by atoms with Crippen LogP contribution in [0.15, 0.2) is 85.9 Å². The van der Waals surface area contributed by atoms with Gasteiger partial charge in [-0.05, 0) is 175 Å². The van der Waals surface area contributed by atoms with Gasteiger partial charge in [-0.1, -0.05) is 12.1 Å². The molecule has 0 amide bonds. The van der Waals surface area contributed by atoms with Crippen LogP contribution in [0, 0.1) is 27.7 Å². The Balaban J connectivity index is 0.000000288. The first-order valence-corrected chi connectivity index (χ1v) is 23.7. The van der Waals surface area contributed by atoms with Gasteiger partial charge in [0.1, 0.15) is 37.1 Å². The number of aryl methyl sites for hydroxylation is 4. The molecule has 18 heteroatoms. The maximum absolute atomic E-state index is 11.9. The molecule has 1 atom stereocenters. The van der Waals surface area contributed by atoms with Gasteiger partial charge in [0, 0.05) is 22.8 Å². The lowest BCUT2D eigenvalue weighted by molar-refractivity contribution is -0.156. The molecule has 0 spiro atoms. The number of carbonyl (C=O) groups excluding carboxylic acids is 1. The minimum absolute atomic E-state index is 0.0303. The average Bonchev–Trinajstić information content (AvgIpc) is 4.05. The Morgan fingerprint density at radius 1 is 0.746 bits per heavy atom. The maximum Gasteiger partial charge on any atom is 0.335 e. The number of hydrogen-bond acceptors (Lipinski definition) is 14. The fraction of sp³-hybridized carbons (Fsp3) is 0.366. The van der Waals surface area contributed by atoms with Crippen molar-refractivity contribution in [3.05, 3.63) is 131 Å². The number of furan rings is 2. The molecule has 0 aliphatic heterocycles. The molecule has 0 saturated carbocycles. The van der Waals surface area contributed by atoms with E-state index < -0.39 is 6.10 Å². The summed E-state index contributed by atoms with van der Waals surface area (Å²) in [4.78, 5) is 19.2. The summed E-state index contributed by atoms with van der Waals surface area (Å²) >= 11 is 17.7. The molecule has 5 heterocycles. The van der Waals surface area contributed by atoms with E-state index in [9.17, 15) is 4.79 Å². The summed E-state index contributed by atoms with van der Waals surface area (Å²) in [6.45, 7) is 13.1. The fourth-order valence-corrected chi connectivity index (χ4v) is 9.41. The first-order valence-electron chi connectivity index (χ1n) is 18.0. The van der Waals surface area contributed by atoms with Crippen molar-refractivity contribution < 1.29 is 48.3 Å². The summed E-state index contributed by atoms with van der Waals surface area (Å²) in [5.41, 5.74) is 5.31.